The van der Waals surface area contributed by atoms with Gasteiger partial charge in [0.15, 0.2) is 0 Å². The second kappa shape index (κ2) is 4.41. The predicted molar refractivity (Wildman–Crippen MR) is 55.6 cm³/mol. The van der Waals surface area contributed by atoms with Crippen LogP contribution < -0.4 is 0 Å². The van der Waals surface area contributed by atoms with Gasteiger partial charge in [-0.05, 0) is 38.1 Å². The molecule has 0 aliphatic carbocycles. The SMILES string of the molecule is N#Cc1cccc(F)c1CN1CCCC1. The predicted octanol–water partition coefficient (Wildman–Crippen LogP) is 2.29. The highest BCUT2D eigenvalue weighted by molar-refractivity contribution is 5.38. The highest BCUT2D eigenvalue weighted by Crippen LogP contribution is 2.18. The Morgan fingerprint density at radius 1 is 1.33 bits per heavy atom. The molecule has 0 radical (unpaired) electrons. The number of hydrogen-bond donors (Lipinski definition) is 0. The average molecular weight is 204 g/mol. The molecule has 1 aromatic rings. The van der Waals surface area contributed by atoms with Crippen molar-refractivity contribution in [3.8, 4) is 6.07 Å². The molecule has 1 heterocycles. The lowest BCUT2D eigenvalue weighted by atomic mass is 10.1. The molecule has 15 heavy (non-hydrogen) atoms. The third-order valence-electron chi connectivity index (χ3n) is 2.82. The van der Waals surface area contributed by atoms with Crippen LogP contribution in [0, 0.1) is 17.1 Å². The molecule has 0 amide bonds. The lowest BCUT2D eigenvalue weighted by Crippen LogP contribution is -2.19. The smallest absolute Gasteiger partial charge is 0.129 e. The molecule has 0 N–H and O–H groups in total. The van der Waals surface area contributed by atoms with Crippen LogP contribution in [0.2, 0.25) is 0 Å². The van der Waals surface area contributed by atoms with E-state index in [1.807, 2.05) is 6.07 Å². The van der Waals surface area contributed by atoms with E-state index in [2.05, 4.69) is 4.90 Å². The quantitative estimate of drug-likeness (QED) is 0.739. The second-order valence-electron chi connectivity index (χ2n) is 3.86. The van der Waals surface area contributed by atoms with E-state index in [-0.39, 0.29) is 5.82 Å². The Morgan fingerprint density at radius 2 is 2.07 bits per heavy atom. The number of halogens is 1. The van der Waals surface area contributed by atoms with Crippen LogP contribution >= 0.6 is 0 Å². The van der Waals surface area contributed by atoms with E-state index in [4.69, 9.17) is 5.26 Å². The summed E-state index contributed by atoms with van der Waals surface area (Å²) in [6.07, 6.45) is 2.35. The first-order valence-corrected chi connectivity index (χ1v) is 5.21. The van der Waals surface area contributed by atoms with Crippen LogP contribution in [0.3, 0.4) is 0 Å². The van der Waals surface area contributed by atoms with Gasteiger partial charge in [0, 0.05) is 12.1 Å². The monoisotopic (exact) mass is 204 g/mol. The van der Waals surface area contributed by atoms with Crippen molar-refractivity contribution in [3.05, 3.63) is 35.1 Å². The highest BCUT2D eigenvalue weighted by Gasteiger charge is 2.16. The molecular formula is C12H13FN2. The molecule has 1 aliphatic rings. The zero-order valence-electron chi connectivity index (χ0n) is 8.54. The fourth-order valence-corrected chi connectivity index (χ4v) is 1.99. The van der Waals surface area contributed by atoms with Crippen molar-refractivity contribution >= 4 is 0 Å². The summed E-state index contributed by atoms with van der Waals surface area (Å²) in [6.45, 7) is 2.59. The number of hydrogen-bond acceptors (Lipinski definition) is 2. The van der Waals surface area contributed by atoms with E-state index in [0.717, 1.165) is 13.1 Å². The van der Waals surface area contributed by atoms with E-state index in [9.17, 15) is 4.39 Å². The standard InChI is InChI=1S/C12H13FN2/c13-12-5-3-4-10(8-14)11(12)9-15-6-1-2-7-15/h3-5H,1-2,6-7,9H2. The van der Waals surface area contributed by atoms with Crippen molar-refractivity contribution in [1.29, 1.82) is 5.26 Å². The fourth-order valence-electron chi connectivity index (χ4n) is 1.99. The van der Waals surface area contributed by atoms with Crippen LogP contribution in [0.5, 0.6) is 0 Å². The zero-order chi connectivity index (χ0) is 10.7. The van der Waals surface area contributed by atoms with Gasteiger partial charge >= 0.3 is 0 Å². The first kappa shape index (κ1) is 10.1. The molecular weight excluding hydrogens is 191 g/mol. The Morgan fingerprint density at radius 3 is 2.73 bits per heavy atom. The summed E-state index contributed by atoms with van der Waals surface area (Å²) < 4.78 is 13.5. The summed E-state index contributed by atoms with van der Waals surface area (Å²) >= 11 is 0. The van der Waals surface area contributed by atoms with Crippen LogP contribution in [0.1, 0.15) is 24.0 Å². The van der Waals surface area contributed by atoms with Gasteiger partial charge in [0.2, 0.25) is 0 Å². The molecule has 2 nitrogen and oxygen atoms in total. The van der Waals surface area contributed by atoms with Gasteiger partial charge < -0.3 is 0 Å². The lowest BCUT2D eigenvalue weighted by Gasteiger charge is -2.15. The third-order valence-corrected chi connectivity index (χ3v) is 2.82. The Balaban J connectivity index is 2.22. The van der Waals surface area contributed by atoms with Crippen molar-refractivity contribution in [2.75, 3.05) is 13.1 Å². The van der Waals surface area contributed by atoms with Crippen LogP contribution in [0.4, 0.5) is 4.39 Å². The molecule has 0 bridgehead atoms. The van der Waals surface area contributed by atoms with Gasteiger partial charge in [-0.15, -0.1) is 0 Å². The van der Waals surface area contributed by atoms with E-state index in [1.54, 1.807) is 12.1 Å². The molecule has 0 aromatic heterocycles. The molecule has 0 unspecified atom stereocenters. The molecule has 78 valence electrons. The lowest BCUT2D eigenvalue weighted by molar-refractivity contribution is 0.325. The van der Waals surface area contributed by atoms with Crippen molar-refractivity contribution in [2.45, 2.75) is 19.4 Å². The van der Waals surface area contributed by atoms with Gasteiger partial charge in [-0.25, -0.2) is 4.39 Å². The van der Waals surface area contributed by atoms with Gasteiger partial charge in [-0.1, -0.05) is 6.07 Å². The minimum Gasteiger partial charge on any atom is -0.299 e. The molecule has 0 saturated carbocycles. The minimum atomic E-state index is -0.263. The number of likely N-dealkylation sites (tertiary alicyclic amines) is 1. The number of rotatable bonds is 2. The van der Waals surface area contributed by atoms with Crippen LogP contribution in [0.25, 0.3) is 0 Å². The molecule has 2 rings (SSSR count). The molecule has 1 saturated heterocycles. The summed E-state index contributed by atoms with van der Waals surface area (Å²) in [5.74, 6) is -0.263. The normalized spacial score (nSPS) is 16.5. The van der Waals surface area contributed by atoms with Gasteiger partial charge in [0.25, 0.3) is 0 Å². The Hall–Kier alpha value is -1.40. The molecule has 0 atom stereocenters. The molecule has 1 aliphatic heterocycles. The first-order valence-electron chi connectivity index (χ1n) is 5.21. The van der Waals surface area contributed by atoms with Gasteiger partial charge in [-0.3, -0.25) is 4.90 Å². The van der Waals surface area contributed by atoms with Crippen molar-refractivity contribution < 1.29 is 4.39 Å². The maximum Gasteiger partial charge on any atom is 0.129 e. The van der Waals surface area contributed by atoms with Gasteiger partial charge in [-0.2, -0.15) is 5.26 Å². The zero-order valence-corrected chi connectivity index (χ0v) is 8.54. The summed E-state index contributed by atoms with van der Waals surface area (Å²) in [5, 5.41) is 8.88. The average Bonchev–Trinajstić information content (AvgIpc) is 2.74. The first-order chi connectivity index (χ1) is 7.31. The second-order valence-corrected chi connectivity index (χ2v) is 3.86. The Labute approximate surface area is 88.9 Å². The summed E-state index contributed by atoms with van der Waals surface area (Å²) in [4.78, 5) is 2.19. The topological polar surface area (TPSA) is 27.0 Å². The fraction of sp³-hybridized carbons (Fsp3) is 0.417. The molecule has 1 aromatic carbocycles. The van der Waals surface area contributed by atoms with E-state index >= 15 is 0 Å². The van der Waals surface area contributed by atoms with Gasteiger partial charge in [0.05, 0.1) is 11.6 Å². The van der Waals surface area contributed by atoms with E-state index in [1.165, 1.54) is 18.9 Å². The van der Waals surface area contributed by atoms with Crippen LogP contribution in [-0.4, -0.2) is 18.0 Å². The summed E-state index contributed by atoms with van der Waals surface area (Å²) in [7, 11) is 0. The largest absolute Gasteiger partial charge is 0.299 e. The summed E-state index contributed by atoms with van der Waals surface area (Å²) in [5.41, 5.74) is 1.00. The van der Waals surface area contributed by atoms with Gasteiger partial charge in [0.1, 0.15) is 5.82 Å². The Kier molecular flexibility index (Phi) is 2.98. The minimum absolute atomic E-state index is 0.263. The van der Waals surface area contributed by atoms with Crippen molar-refractivity contribution in [1.82, 2.24) is 4.90 Å². The number of nitrogens with zero attached hydrogens (tertiary/aromatic N) is 2. The third kappa shape index (κ3) is 2.16. The maximum atomic E-state index is 13.5. The number of benzene rings is 1. The van der Waals surface area contributed by atoms with Crippen LogP contribution in [0.15, 0.2) is 18.2 Å². The molecule has 1 fully saturated rings. The van der Waals surface area contributed by atoms with Crippen molar-refractivity contribution in [3.63, 3.8) is 0 Å². The highest BCUT2D eigenvalue weighted by atomic mass is 19.1. The summed E-state index contributed by atoms with van der Waals surface area (Å²) in [6, 6.07) is 6.73. The van der Waals surface area contributed by atoms with Crippen molar-refractivity contribution in [2.24, 2.45) is 0 Å². The van der Waals surface area contributed by atoms with E-state index in [0.29, 0.717) is 17.7 Å². The number of nitriles is 1. The maximum absolute atomic E-state index is 13.5. The van der Waals surface area contributed by atoms with E-state index < -0.39 is 0 Å². The molecule has 0 spiro atoms. The Bertz CT molecular complexity index is 389. The van der Waals surface area contributed by atoms with Crippen LogP contribution in [-0.2, 0) is 6.54 Å². The molecule has 3 heteroatoms.